The molecule has 0 aliphatic carbocycles. The zero-order valence-corrected chi connectivity index (χ0v) is 10.4. The molecule has 86 valence electrons. The van der Waals surface area contributed by atoms with Crippen LogP contribution in [0, 0.1) is 5.41 Å². The maximum absolute atomic E-state index is 13.7. The first kappa shape index (κ1) is 11.1. The van der Waals surface area contributed by atoms with E-state index in [1.807, 2.05) is 0 Å². The van der Waals surface area contributed by atoms with Crippen LogP contribution in [0.1, 0.15) is 47.0 Å². The zero-order valence-electron chi connectivity index (χ0n) is 10.4. The van der Waals surface area contributed by atoms with Gasteiger partial charge in [0, 0.05) is 12.1 Å². The van der Waals surface area contributed by atoms with Crippen molar-refractivity contribution in [2.24, 2.45) is 5.41 Å². The van der Waals surface area contributed by atoms with Gasteiger partial charge in [-0.3, -0.25) is 4.90 Å². The molecule has 2 heteroatoms. The number of hydrogen-bond acceptors (Lipinski definition) is 1. The number of halogens is 1. The van der Waals surface area contributed by atoms with Crippen molar-refractivity contribution in [1.29, 1.82) is 0 Å². The summed E-state index contributed by atoms with van der Waals surface area (Å²) in [5.74, 6) is 0.0642. The highest BCUT2D eigenvalue weighted by atomic mass is 19.1. The molecule has 0 aromatic heterocycles. The minimum Gasteiger partial charge on any atom is -0.293 e. The van der Waals surface area contributed by atoms with E-state index in [1.54, 1.807) is 6.92 Å². The third-order valence-electron chi connectivity index (χ3n) is 4.29. The third-order valence-corrected chi connectivity index (χ3v) is 4.29. The van der Waals surface area contributed by atoms with Crippen molar-refractivity contribution in [2.75, 3.05) is 13.1 Å². The predicted octanol–water partition coefficient (Wildman–Crippen LogP) is 3.51. The average molecular weight is 211 g/mol. The maximum Gasteiger partial charge on any atom is 0.0979 e. The molecule has 1 atom stereocenters. The molecule has 15 heavy (non-hydrogen) atoms. The Morgan fingerprint density at radius 1 is 1.33 bits per heavy atom. The molecule has 2 rings (SSSR count). The molecule has 0 N–H and O–H groups in total. The molecule has 2 fully saturated rings. The van der Waals surface area contributed by atoms with Crippen LogP contribution in [0.5, 0.6) is 0 Å². The lowest BCUT2D eigenvalue weighted by molar-refractivity contribution is 0.0906. The van der Waals surface area contributed by atoms with Gasteiger partial charge in [0.25, 0.3) is 0 Å². The van der Waals surface area contributed by atoms with Gasteiger partial charge in [-0.05, 0) is 43.7 Å². The quantitative estimate of drug-likeness (QED) is 0.592. The van der Waals surface area contributed by atoms with E-state index in [4.69, 9.17) is 0 Å². The minimum absolute atomic E-state index is 0.0197. The lowest BCUT2D eigenvalue weighted by atomic mass is 9.68. The lowest BCUT2D eigenvalue weighted by Gasteiger charge is -2.45. The number of allylic oxidation sites excluding steroid dienone is 1. The van der Waals surface area contributed by atoms with Crippen LogP contribution in [0.3, 0.4) is 0 Å². The molecule has 2 aliphatic heterocycles. The molecule has 2 saturated heterocycles. The molecule has 0 aromatic carbocycles. The fraction of sp³-hybridized carbons (Fsp3) is 0.846. The van der Waals surface area contributed by atoms with Gasteiger partial charge in [0.05, 0.1) is 5.83 Å². The first-order valence-electron chi connectivity index (χ1n) is 6.00. The topological polar surface area (TPSA) is 3.24 Å². The highest BCUT2D eigenvalue weighted by Gasteiger charge is 2.55. The van der Waals surface area contributed by atoms with Gasteiger partial charge >= 0.3 is 0 Å². The fourth-order valence-electron chi connectivity index (χ4n) is 3.73. The van der Waals surface area contributed by atoms with E-state index in [-0.39, 0.29) is 16.8 Å². The van der Waals surface area contributed by atoms with Gasteiger partial charge in [0.15, 0.2) is 0 Å². The second-order valence-electron chi connectivity index (χ2n) is 5.96. The van der Waals surface area contributed by atoms with Gasteiger partial charge in [-0.2, -0.15) is 0 Å². The Kier molecular flexibility index (Phi) is 2.45. The van der Waals surface area contributed by atoms with Gasteiger partial charge < -0.3 is 0 Å². The summed E-state index contributed by atoms with van der Waals surface area (Å²) in [5.41, 5.74) is 1.24. The average Bonchev–Trinajstić information content (AvgIpc) is 2.55. The Morgan fingerprint density at radius 3 is 2.53 bits per heavy atom. The predicted molar refractivity (Wildman–Crippen MR) is 61.4 cm³/mol. The molecule has 0 radical (unpaired) electrons. The first-order chi connectivity index (χ1) is 6.89. The molecule has 0 bridgehead atoms. The van der Waals surface area contributed by atoms with E-state index in [2.05, 4.69) is 25.7 Å². The van der Waals surface area contributed by atoms with Crippen LogP contribution in [0.2, 0.25) is 0 Å². The van der Waals surface area contributed by atoms with Crippen molar-refractivity contribution in [2.45, 2.75) is 52.5 Å². The van der Waals surface area contributed by atoms with Crippen molar-refractivity contribution < 1.29 is 4.39 Å². The van der Waals surface area contributed by atoms with Crippen LogP contribution in [0.4, 0.5) is 4.39 Å². The number of rotatable bonds is 0. The minimum atomic E-state index is 0.0197. The summed E-state index contributed by atoms with van der Waals surface area (Å²) >= 11 is 0. The van der Waals surface area contributed by atoms with Gasteiger partial charge in [-0.25, -0.2) is 4.39 Å². The summed E-state index contributed by atoms with van der Waals surface area (Å²) < 4.78 is 13.7. The summed E-state index contributed by atoms with van der Waals surface area (Å²) in [5, 5.41) is 0. The van der Waals surface area contributed by atoms with Gasteiger partial charge in [-0.1, -0.05) is 20.8 Å². The molecular formula is C13H22FN. The van der Waals surface area contributed by atoms with E-state index in [0.29, 0.717) is 0 Å². The maximum atomic E-state index is 13.7. The molecule has 2 heterocycles. The van der Waals surface area contributed by atoms with Gasteiger partial charge in [0.2, 0.25) is 0 Å². The van der Waals surface area contributed by atoms with Crippen molar-refractivity contribution in [3.05, 3.63) is 11.4 Å². The van der Waals surface area contributed by atoms with Crippen LogP contribution in [0.25, 0.3) is 0 Å². The molecule has 2 aliphatic rings. The summed E-state index contributed by atoms with van der Waals surface area (Å²) in [6, 6.07) is 0. The Balaban J connectivity index is 2.51. The van der Waals surface area contributed by atoms with Gasteiger partial charge in [-0.15, -0.1) is 0 Å². The zero-order chi connectivity index (χ0) is 11.3. The smallest absolute Gasteiger partial charge is 0.0979 e. The molecule has 1 unspecified atom stereocenters. The Labute approximate surface area is 92.3 Å². The van der Waals surface area contributed by atoms with E-state index in [0.717, 1.165) is 31.5 Å². The highest BCUT2D eigenvalue weighted by Crippen LogP contribution is 2.53. The molecule has 1 nitrogen and oxygen atoms in total. The largest absolute Gasteiger partial charge is 0.293 e. The summed E-state index contributed by atoms with van der Waals surface area (Å²) in [6.07, 6.45) is 3.28. The standard InChI is InChI=1S/C13H22FN/c1-10(14)11-6-9-15-8-5-7-13(11,15)12(2,3)4/h5-9H2,1-4H3/b11-10-. The molecular weight excluding hydrogens is 189 g/mol. The van der Waals surface area contributed by atoms with Crippen LogP contribution >= 0.6 is 0 Å². The summed E-state index contributed by atoms with van der Waals surface area (Å²) in [7, 11) is 0. The van der Waals surface area contributed by atoms with Crippen molar-refractivity contribution in [1.82, 2.24) is 4.90 Å². The number of fused-ring (bicyclic) bond motifs is 1. The first-order valence-corrected chi connectivity index (χ1v) is 6.00. The second-order valence-corrected chi connectivity index (χ2v) is 5.96. The molecule has 0 saturated carbocycles. The van der Waals surface area contributed by atoms with Crippen molar-refractivity contribution in [3.8, 4) is 0 Å². The summed E-state index contributed by atoms with van der Waals surface area (Å²) in [6.45, 7) is 10.6. The van der Waals surface area contributed by atoms with Crippen LogP contribution in [0.15, 0.2) is 11.4 Å². The van der Waals surface area contributed by atoms with Crippen molar-refractivity contribution in [3.63, 3.8) is 0 Å². The molecule has 0 spiro atoms. The third kappa shape index (κ3) is 1.37. The lowest BCUT2D eigenvalue weighted by Crippen LogP contribution is -2.50. The SMILES string of the molecule is C/C(F)=C1\CCN2CCCC12C(C)(C)C. The monoisotopic (exact) mass is 211 g/mol. The van der Waals surface area contributed by atoms with Crippen LogP contribution < -0.4 is 0 Å². The van der Waals surface area contributed by atoms with Gasteiger partial charge in [0.1, 0.15) is 0 Å². The van der Waals surface area contributed by atoms with Crippen molar-refractivity contribution >= 4 is 0 Å². The second kappa shape index (κ2) is 3.31. The fourth-order valence-corrected chi connectivity index (χ4v) is 3.73. The Bertz CT molecular complexity index is 296. The molecule has 0 aromatic rings. The van der Waals surface area contributed by atoms with Crippen LogP contribution in [-0.4, -0.2) is 23.5 Å². The molecule has 0 amide bonds. The Morgan fingerprint density at radius 2 is 2.00 bits per heavy atom. The number of hydrogen-bond donors (Lipinski definition) is 0. The van der Waals surface area contributed by atoms with E-state index < -0.39 is 0 Å². The Hall–Kier alpha value is -0.370. The van der Waals surface area contributed by atoms with E-state index >= 15 is 0 Å². The highest BCUT2D eigenvalue weighted by molar-refractivity contribution is 5.32. The van der Waals surface area contributed by atoms with E-state index in [1.165, 1.54) is 6.42 Å². The van der Waals surface area contributed by atoms with E-state index in [9.17, 15) is 4.39 Å². The normalized spacial score (nSPS) is 35.8. The summed E-state index contributed by atoms with van der Waals surface area (Å²) in [4.78, 5) is 2.51. The number of nitrogens with zero attached hydrogens (tertiary/aromatic N) is 1. The van der Waals surface area contributed by atoms with Crippen LogP contribution in [-0.2, 0) is 0 Å².